The van der Waals surface area contributed by atoms with Gasteiger partial charge in [-0.05, 0) is 28.1 Å². The van der Waals surface area contributed by atoms with Crippen LogP contribution >= 0.6 is 27.3 Å². The Morgan fingerprint density at radius 3 is 2.86 bits per heavy atom. The number of fused-ring (bicyclic) bond motifs is 1. The van der Waals surface area contributed by atoms with Crippen molar-refractivity contribution >= 4 is 44.0 Å². The van der Waals surface area contributed by atoms with Crippen LogP contribution in [0.15, 0.2) is 46.5 Å². The van der Waals surface area contributed by atoms with Gasteiger partial charge in [-0.2, -0.15) is 0 Å². The SMILES string of the molecule is O=C(Cc1cn2ccsc2n1)NNC(=O)c1ccccc1Br. The van der Waals surface area contributed by atoms with Gasteiger partial charge in [0.1, 0.15) is 0 Å². The molecule has 0 aliphatic carbocycles. The van der Waals surface area contributed by atoms with Crippen LogP contribution in [0.2, 0.25) is 0 Å². The highest BCUT2D eigenvalue weighted by molar-refractivity contribution is 9.10. The maximum absolute atomic E-state index is 11.9. The molecule has 2 N–H and O–H groups in total. The molecule has 112 valence electrons. The first-order valence-corrected chi connectivity index (χ1v) is 8.05. The number of nitrogens with zero attached hydrogens (tertiary/aromatic N) is 2. The third-order valence-electron chi connectivity index (χ3n) is 2.92. The molecule has 0 radical (unpaired) electrons. The van der Waals surface area contributed by atoms with E-state index in [1.54, 1.807) is 24.4 Å². The fraction of sp³-hybridized carbons (Fsp3) is 0.0714. The van der Waals surface area contributed by atoms with E-state index in [-0.39, 0.29) is 18.2 Å². The Bertz CT molecular complexity index is 814. The van der Waals surface area contributed by atoms with E-state index >= 15 is 0 Å². The number of nitrogens with one attached hydrogen (secondary N) is 2. The van der Waals surface area contributed by atoms with Gasteiger partial charge in [0.05, 0.1) is 17.7 Å². The molecule has 0 atom stereocenters. The number of benzene rings is 1. The minimum atomic E-state index is -0.383. The Morgan fingerprint density at radius 2 is 2.09 bits per heavy atom. The lowest BCUT2D eigenvalue weighted by molar-refractivity contribution is -0.121. The normalized spacial score (nSPS) is 10.6. The molecule has 2 heterocycles. The summed E-state index contributed by atoms with van der Waals surface area (Å²) in [5.74, 6) is -0.710. The fourth-order valence-electron chi connectivity index (χ4n) is 1.91. The zero-order valence-electron chi connectivity index (χ0n) is 11.2. The summed E-state index contributed by atoms with van der Waals surface area (Å²) < 4.78 is 2.52. The summed E-state index contributed by atoms with van der Waals surface area (Å²) >= 11 is 4.79. The second kappa shape index (κ2) is 6.29. The average Bonchev–Trinajstić information content (AvgIpc) is 3.06. The van der Waals surface area contributed by atoms with E-state index in [2.05, 4.69) is 31.8 Å². The van der Waals surface area contributed by atoms with Crippen LogP contribution < -0.4 is 10.9 Å². The Kier molecular flexibility index (Phi) is 4.21. The third-order valence-corrected chi connectivity index (χ3v) is 4.38. The van der Waals surface area contributed by atoms with Gasteiger partial charge < -0.3 is 0 Å². The molecule has 22 heavy (non-hydrogen) atoms. The van der Waals surface area contributed by atoms with E-state index in [1.807, 2.05) is 22.0 Å². The first-order chi connectivity index (χ1) is 10.6. The Balaban J connectivity index is 1.57. The molecule has 2 amide bonds. The Hall–Kier alpha value is -2.19. The lowest BCUT2D eigenvalue weighted by Crippen LogP contribution is -2.42. The lowest BCUT2D eigenvalue weighted by atomic mass is 10.2. The molecular formula is C14H11BrN4O2S. The second-order valence-electron chi connectivity index (χ2n) is 4.48. The van der Waals surface area contributed by atoms with Crippen molar-refractivity contribution < 1.29 is 9.59 Å². The quantitative estimate of drug-likeness (QED) is 0.685. The summed E-state index contributed by atoms with van der Waals surface area (Å²) in [6.07, 6.45) is 3.77. The van der Waals surface area contributed by atoms with Gasteiger partial charge in [0, 0.05) is 22.2 Å². The van der Waals surface area contributed by atoms with E-state index in [0.717, 1.165) is 4.96 Å². The predicted octanol–water partition coefficient (Wildman–Crippen LogP) is 2.16. The maximum atomic E-state index is 11.9. The summed E-state index contributed by atoms with van der Waals surface area (Å²) in [6, 6.07) is 6.98. The van der Waals surface area contributed by atoms with Crippen LogP contribution in [-0.4, -0.2) is 21.2 Å². The molecule has 8 heteroatoms. The first-order valence-electron chi connectivity index (χ1n) is 6.38. The number of rotatable bonds is 3. The number of thiazole rings is 1. The molecule has 3 rings (SSSR count). The van der Waals surface area contributed by atoms with Crippen LogP contribution in [0, 0.1) is 0 Å². The molecule has 0 spiro atoms. The van der Waals surface area contributed by atoms with Crippen LogP contribution in [0.5, 0.6) is 0 Å². The molecular weight excluding hydrogens is 368 g/mol. The number of amides is 2. The van der Waals surface area contributed by atoms with Gasteiger partial charge in [-0.3, -0.25) is 24.8 Å². The van der Waals surface area contributed by atoms with Crippen LogP contribution in [0.3, 0.4) is 0 Å². The zero-order chi connectivity index (χ0) is 15.5. The van der Waals surface area contributed by atoms with Gasteiger partial charge in [0.2, 0.25) is 5.91 Å². The standard InChI is InChI=1S/C14H11BrN4O2S/c15-11-4-2-1-3-10(11)13(21)18-17-12(20)7-9-8-19-5-6-22-14(19)16-9/h1-6,8H,7H2,(H,17,20)(H,18,21). The minimum Gasteiger partial charge on any atom is -0.297 e. The molecule has 0 fully saturated rings. The molecule has 0 bridgehead atoms. The summed E-state index contributed by atoms with van der Waals surface area (Å²) in [7, 11) is 0. The van der Waals surface area contributed by atoms with Gasteiger partial charge in [-0.1, -0.05) is 12.1 Å². The van der Waals surface area contributed by atoms with Gasteiger partial charge in [0.25, 0.3) is 5.91 Å². The number of hydrazine groups is 1. The molecule has 0 saturated heterocycles. The van der Waals surface area contributed by atoms with Crippen molar-refractivity contribution in [3.63, 3.8) is 0 Å². The topological polar surface area (TPSA) is 75.5 Å². The molecule has 6 nitrogen and oxygen atoms in total. The fourth-order valence-corrected chi connectivity index (χ4v) is 3.09. The highest BCUT2D eigenvalue weighted by atomic mass is 79.9. The second-order valence-corrected chi connectivity index (χ2v) is 6.21. The van der Waals surface area contributed by atoms with E-state index in [9.17, 15) is 9.59 Å². The first kappa shape index (κ1) is 14.7. The van der Waals surface area contributed by atoms with Crippen LogP contribution in [-0.2, 0) is 11.2 Å². The van der Waals surface area contributed by atoms with Crippen molar-refractivity contribution in [3.05, 3.63) is 57.8 Å². The van der Waals surface area contributed by atoms with Crippen LogP contribution in [0.1, 0.15) is 16.1 Å². The van der Waals surface area contributed by atoms with Crippen molar-refractivity contribution in [1.82, 2.24) is 20.2 Å². The van der Waals surface area contributed by atoms with E-state index in [0.29, 0.717) is 15.7 Å². The van der Waals surface area contributed by atoms with Crippen molar-refractivity contribution in [2.24, 2.45) is 0 Å². The summed E-state index contributed by atoms with van der Waals surface area (Å²) in [5, 5.41) is 1.92. The Morgan fingerprint density at radius 1 is 1.27 bits per heavy atom. The molecule has 0 saturated carbocycles. The summed E-state index contributed by atoms with van der Waals surface area (Å²) in [4.78, 5) is 28.9. The summed E-state index contributed by atoms with van der Waals surface area (Å²) in [5.41, 5.74) is 5.88. The number of aromatic nitrogens is 2. The monoisotopic (exact) mass is 378 g/mol. The van der Waals surface area contributed by atoms with Gasteiger partial charge in [-0.25, -0.2) is 4.98 Å². The van der Waals surface area contributed by atoms with Gasteiger partial charge in [0.15, 0.2) is 4.96 Å². The van der Waals surface area contributed by atoms with Crippen molar-refractivity contribution in [1.29, 1.82) is 0 Å². The number of carbonyl (C=O) groups excluding carboxylic acids is 2. The molecule has 1 aromatic carbocycles. The number of hydrogen-bond acceptors (Lipinski definition) is 4. The molecule has 0 unspecified atom stereocenters. The smallest absolute Gasteiger partial charge is 0.270 e. The van der Waals surface area contributed by atoms with E-state index in [4.69, 9.17) is 0 Å². The lowest BCUT2D eigenvalue weighted by Gasteiger charge is -2.07. The van der Waals surface area contributed by atoms with E-state index in [1.165, 1.54) is 11.3 Å². The highest BCUT2D eigenvalue weighted by Crippen LogP contribution is 2.15. The third kappa shape index (κ3) is 3.18. The maximum Gasteiger partial charge on any atom is 0.270 e. The Labute approximate surface area is 138 Å². The predicted molar refractivity (Wildman–Crippen MR) is 86.5 cm³/mol. The zero-order valence-corrected chi connectivity index (χ0v) is 13.6. The van der Waals surface area contributed by atoms with Crippen molar-refractivity contribution in [2.75, 3.05) is 0 Å². The van der Waals surface area contributed by atoms with Gasteiger partial charge >= 0.3 is 0 Å². The molecule has 2 aromatic heterocycles. The van der Waals surface area contributed by atoms with Crippen LogP contribution in [0.25, 0.3) is 4.96 Å². The average molecular weight is 379 g/mol. The highest BCUT2D eigenvalue weighted by Gasteiger charge is 2.12. The van der Waals surface area contributed by atoms with Crippen molar-refractivity contribution in [2.45, 2.75) is 6.42 Å². The minimum absolute atomic E-state index is 0.102. The number of carbonyl (C=O) groups is 2. The van der Waals surface area contributed by atoms with E-state index < -0.39 is 0 Å². The van der Waals surface area contributed by atoms with Crippen LogP contribution in [0.4, 0.5) is 0 Å². The number of imidazole rings is 1. The molecule has 0 aliphatic heterocycles. The number of halogens is 1. The largest absolute Gasteiger partial charge is 0.297 e. The number of hydrogen-bond donors (Lipinski definition) is 2. The summed E-state index contributed by atoms with van der Waals surface area (Å²) in [6.45, 7) is 0. The molecule has 3 aromatic rings. The van der Waals surface area contributed by atoms with Crippen molar-refractivity contribution in [3.8, 4) is 0 Å². The molecule has 0 aliphatic rings. The van der Waals surface area contributed by atoms with Gasteiger partial charge in [-0.15, -0.1) is 11.3 Å².